The minimum atomic E-state index is -0.348. The topological polar surface area (TPSA) is 35.2 Å². The summed E-state index contributed by atoms with van der Waals surface area (Å²) in [6.07, 6.45) is 3.34. The summed E-state index contributed by atoms with van der Waals surface area (Å²) in [6, 6.07) is 4.19. The molecule has 0 aliphatic heterocycles. The number of ether oxygens (including phenoxy) is 1. The molecule has 2 N–H and O–H groups in total. The molecule has 1 aliphatic rings. The molecular formula is C12H15ClFNO. The maximum Gasteiger partial charge on any atom is 0.138 e. The molecule has 1 aromatic carbocycles. The molecule has 0 amide bonds. The summed E-state index contributed by atoms with van der Waals surface area (Å²) in [5.74, 6) is 0.591. The second-order valence-electron chi connectivity index (χ2n) is 4.16. The van der Waals surface area contributed by atoms with E-state index in [0.717, 1.165) is 19.3 Å². The fourth-order valence-corrected chi connectivity index (χ4v) is 2.37. The fourth-order valence-electron chi connectivity index (χ4n) is 2.16. The van der Waals surface area contributed by atoms with Crippen molar-refractivity contribution in [2.75, 3.05) is 6.54 Å². The quantitative estimate of drug-likeness (QED) is 0.886. The summed E-state index contributed by atoms with van der Waals surface area (Å²) >= 11 is 5.90. The Labute approximate surface area is 99.5 Å². The molecule has 2 atom stereocenters. The second-order valence-corrected chi connectivity index (χ2v) is 4.56. The highest BCUT2D eigenvalue weighted by molar-refractivity contribution is 6.32. The summed E-state index contributed by atoms with van der Waals surface area (Å²) in [5.41, 5.74) is 5.67. The number of nitrogens with two attached hydrogens (primary N) is 1. The van der Waals surface area contributed by atoms with Gasteiger partial charge in [0.05, 0.1) is 5.02 Å². The molecule has 0 aromatic heterocycles. The smallest absolute Gasteiger partial charge is 0.138 e. The van der Waals surface area contributed by atoms with Crippen LogP contribution in [0.25, 0.3) is 0 Å². The van der Waals surface area contributed by atoms with Gasteiger partial charge in [-0.3, -0.25) is 0 Å². The minimum absolute atomic E-state index is 0.118. The summed E-state index contributed by atoms with van der Waals surface area (Å²) in [4.78, 5) is 0. The van der Waals surface area contributed by atoms with Crippen LogP contribution in [0.1, 0.15) is 19.3 Å². The van der Waals surface area contributed by atoms with Crippen molar-refractivity contribution in [3.63, 3.8) is 0 Å². The number of hydrogen-bond acceptors (Lipinski definition) is 2. The molecule has 4 heteroatoms. The van der Waals surface area contributed by atoms with Gasteiger partial charge in [0.25, 0.3) is 0 Å². The molecule has 2 nitrogen and oxygen atoms in total. The number of benzene rings is 1. The molecule has 1 fully saturated rings. The van der Waals surface area contributed by atoms with Gasteiger partial charge in [0.1, 0.15) is 17.7 Å². The van der Waals surface area contributed by atoms with E-state index in [2.05, 4.69) is 0 Å². The molecule has 0 bridgehead atoms. The van der Waals surface area contributed by atoms with Crippen LogP contribution in [0.3, 0.4) is 0 Å². The Balaban J connectivity index is 2.08. The lowest BCUT2D eigenvalue weighted by molar-refractivity contribution is 0.162. The zero-order chi connectivity index (χ0) is 11.5. The van der Waals surface area contributed by atoms with Gasteiger partial charge in [0.15, 0.2) is 0 Å². The summed E-state index contributed by atoms with van der Waals surface area (Å²) in [7, 11) is 0. The van der Waals surface area contributed by atoms with E-state index < -0.39 is 0 Å². The van der Waals surface area contributed by atoms with E-state index in [0.29, 0.717) is 23.2 Å². The third kappa shape index (κ3) is 2.47. The van der Waals surface area contributed by atoms with Crippen LogP contribution < -0.4 is 10.5 Å². The Bertz CT molecular complexity index is 372. The van der Waals surface area contributed by atoms with Gasteiger partial charge in [-0.1, -0.05) is 11.6 Å². The molecule has 0 heterocycles. The zero-order valence-corrected chi connectivity index (χ0v) is 9.71. The largest absolute Gasteiger partial charge is 0.489 e. The van der Waals surface area contributed by atoms with E-state index >= 15 is 0 Å². The first-order chi connectivity index (χ1) is 7.70. The lowest BCUT2D eigenvalue weighted by Crippen LogP contribution is -2.27. The van der Waals surface area contributed by atoms with Crippen molar-refractivity contribution in [1.29, 1.82) is 0 Å². The van der Waals surface area contributed by atoms with Crippen molar-refractivity contribution in [2.45, 2.75) is 25.4 Å². The van der Waals surface area contributed by atoms with Gasteiger partial charge in [-0.15, -0.1) is 0 Å². The van der Waals surface area contributed by atoms with E-state index in [1.807, 2.05) is 0 Å². The average molecular weight is 244 g/mol. The molecule has 1 saturated carbocycles. The molecule has 1 aliphatic carbocycles. The predicted molar refractivity (Wildman–Crippen MR) is 62.2 cm³/mol. The van der Waals surface area contributed by atoms with Crippen molar-refractivity contribution >= 4 is 11.6 Å². The van der Waals surface area contributed by atoms with Crippen LogP contribution in [0, 0.1) is 11.7 Å². The Hall–Kier alpha value is -0.800. The van der Waals surface area contributed by atoms with Crippen LogP contribution in [0.4, 0.5) is 4.39 Å². The van der Waals surface area contributed by atoms with Gasteiger partial charge >= 0.3 is 0 Å². The normalized spacial score (nSPS) is 24.7. The number of halogens is 2. The van der Waals surface area contributed by atoms with Gasteiger partial charge in [0.2, 0.25) is 0 Å². The second kappa shape index (κ2) is 5.02. The predicted octanol–water partition coefficient (Wildman–Crippen LogP) is 2.99. The molecule has 16 heavy (non-hydrogen) atoms. The Morgan fingerprint density at radius 1 is 1.44 bits per heavy atom. The van der Waals surface area contributed by atoms with Crippen LogP contribution in [0.2, 0.25) is 5.02 Å². The van der Waals surface area contributed by atoms with E-state index in [1.165, 1.54) is 12.1 Å². The standard InChI is InChI=1S/C12H15ClFNO/c13-10-6-9(14)4-5-12(10)16-11-3-1-2-8(11)7-15/h4-6,8,11H,1-3,7,15H2. The lowest BCUT2D eigenvalue weighted by Gasteiger charge is -2.20. The highest BCUT2D eigenvalue weighted by Gasteiger charge is 2.28. The molecule has 2 unspecified atom stereocenters. The highest BCUT2D eigenvalue weighted by Crippen LogP contribution is 2.32. The molecule has 0 saturated heterocycles. The molecule has 1 aromatic rings. The van der Waals surface area contributed by atoms with Gasteiger partial charge in [0, 0.05) is 5.92 Å². The zero-order valence-electron chi connectivity index (χ0n) is 8.96. The fraction of sp³-hybridized carbons (Fsp3) is 0.500. The first kappa shape index (κ1) is 11.7. The van der Waals surface area contributed by atoms with Crippen molar-refractivity contribution in [3.8, 4) is 5.75 Å². The van der Waals surface area contributed by atoms with Crippen molar-refractivity contribution in [1.82, 2.24) is 0 Å². The Kier molecular flexibility index (Phi) is 3.66. The Morgan fingerprint density at radius 3 is 2.94 bits per heavy atom. The van der Waals surface area contributed by atoms with Crippen LogP contribution in [0.5, 0.6) is 5.75 Å². The molecule has 0 spiro atoms. The Morgan fingerprint density at radius 2 is 2.25 bits per heavy atom. The SMILES string of the molecule is NCC1CCCC1Oc1ccc(F)cc1Cl. The van der Waals surface area contributed by atoms with Gasteiger partial charge in [-0.05, 0) is 44.0 Å². The number of hydrogen-bond donors (Lipinski definition) is 1. The van der Waals surface area contributed by atoms with Crippen molar-refractivity contribution in [3.05, 3.63) is 29.0 Å². The third-order valence-corrected chi connectivity index (χ3v) is 3.36. The van der Waals surface area contributed by atoms with Crippen LogP contribution >= 0.6 is 11.6 Å². The third-order valence-electron chi connectivity index (χ3n) is 3.06. The number of rotatable bonds is 3. The average Bonchev–Trinajstić information content (AvgIpc) is 2.69. The summed E-state index contributed by atoms with van der Waals surface area (Å²) in [5, 5.41) is 0.322. The first-order valence-corrected chi connectivity index (χ1v) is 5.90. The van der Waals surface area contributed by atoms with E-state index in [-0.39, 0.29) is 11.9 Å². The summed E-state index contributed by atoms with van der Waals surface area (Å²) < 4.78 is 18.6. The first-order valence-electron chi connectivity index (χ1n) is 5.52. The molecular weight excluding hydrogens is 229 g/mol. The van der Waals surface area contributed by atoms with Gasteiger partial charge in [-0.25, -0.2) is 4.39 Å². The maximum absolute atomic E-state index is 12.8. The van der Waals surface area contributed by atoms with Crippen molar-refractivity contribution < 1.29 is 9.13 Å². The molecule has 0 radical (unpaired) electrons. The van der Waals surface area contributed by atoms with Crippen molar-refractivity contribution in [2.24, 2.45) is 11.7 Å². The van der Waals surface area contributed by atoms with E-state index in [4.69, 9.17) is 22.1 Å². The molecule has 2 rings (SSSR count). The van der Waals surface area contributed by atoms with Crippen LogP contribution in [0.15, 0.2) is 18.2 Å². The van der Waals surface area contributed by atoms with Crippen LogP contribution in [-0.2, 0) is 0 Å². The summed E-state index contributed by atoms with van der Waals surface area (Å²) in [6.45, 7) is 0.628. The maximum atomic E-state index is 12.8. The lowest BCUT2D eigenvalue weighted by atomic mass is 10.1. The van der Waals surface area contributed by atoms with Gasteiger partial charge < -0.3 is 10.5 Å². The molecule has 88 valence electrons. The minimum Gasteiger partial charge on any atom is -0.489 e. The monoisotopic (exact) mass is 243 g/mol. The van der Waals surface area contributed by atoms with E-state index in [9.17, 15) is 4.39 Å². The van der Waals surface area contributed by atoms with Gasteiger partial charge in [-0.2, -0.15) is 0 Å². The van der Waals surface area contributed by atoms with Crippen LogP contribution in [-0.4, -0.2) is 12.6 Å². The highest BCUT2D eigenvalue weighted by atomic mass is 35.5. The van der Waals surface area contributed by atoms with E-state index in [1.54, 1.807) is 6.07 Å².